The molecule has 3 heterocycles. The lowest BCUT2D eigenvalue weighted by Crippen LogP contribution is -2.15. The van der Waals surface area contributed by atoms with Crippen molar-refractivity contribution in [2.24, 2.45) is 0 Å². The highest BCUT2D eigenvalue weighted by atomic mass is 35.5. The van der Waals surface area contributed by atoms with Gasteiger partial charge in [-0.05, 0) is 49.7 Å². The van der Waals surface area contributed by atoms with Crippen LogP contribution in [0.1, 0.15) is 16.8 Å². The number of fused-ring (bicyclic) bond motifs is 1. The maximum Gasteiger partial charge on any atom is 0.258 e. The van der Waals surface area contributed by atoms with E-state index in [4.69, 9.17) is 11.6 Å². The summed E-state index contributed by atoms with van der Waals surface area (Å²) < 4.78 is 3.57. The van der Waals surface area contributed by atoms with Crippen molar-refractivity contribution < 1.29 is 0 Å². The first-order valence-electron chi connectivity index (χ1n) is 10.4. The summed E-state index contributed by atoms with van der Waals surface area (Å²) >= 11 is 7.60. The van der Waals surface area contributed by atoms with Gasteiger partial charge in [-0.15, -0.1) is 10.2 Å². The third-order valence-corrected chi connectivity index (χ3v) is 6.45. The van der Waals surface area contributed by atoms with Crippen molar-refractivity contribution in [3.8, 4) is 17.1 Å². The largest absolute Gasteiger partial charge is 0.270 e. The Labute approximate surface area is 199 Å². The fraction of sp³-hybridized carbons (Fsp3) is 0.120. The molecule has 0 saturated carbocycles. The van der Waals surface area contributed by atoms with Gasteiger partial charge in [-0.1, -0.05) is 59.3 Å². The minimum atomic E-state index is -0.0983. The minimum Gasteiger partial charge on any atom is -0.270 e. The molecule has 0 unspecified atom stereocenters. The van der Waals surface area contributed by atoms with E-state index in [1.165, 1.54) is 17.3 Å². The summed E-state index contributed by atoms with van der Waals surface area (Å²) in [7, 11) is 0. The summed E-state index contributed by atoms with van der Waals surface area (Å²) in [4.78, 5) is 17.2. The fourth-order valence-corrected chi connectivity index (χ4v) is 4.52. The Kier molecular flexibility index (Phi) is 5.74. The van der Waals surface area contributed by atoms with Crippen LogP contribution in [0.25, 0.3) is 22.7 Å². The number of hydrogen-bond acceptors (Lipinski definition) is 5. The average Bonchev–Trinajstić information content (AvgIpc) is 3.23. The summed E-state index contributed by atoms with van der Waals surface area (Å²) in [6.07, 6.45) is 1.80. The summed E-state index contributed by atoms with van der Waals surface area (Å²) in [6, 6.07) is 21.1. The number of nitrogens with zero attached hydrogens (tertiary/aromatic N) is 5. The lowest BCUT2D eigenvalue weighted by molar-refractivity contribution is 0.884. The standard InChI is InChI=1S/C25H20ClN5OS/c1-16-3-6-18(7-4-16)24-28-29-25(31(24)21-10-8-19(26)9-11-21)33-15-20-13-23(32)30-14-17(2)5-12-22(30)27-20/h3-14H,15H2,1-2H3. The van der Waals surface area contributed by atoms with Gasteiger partial charge in [0.25, 0.3) is 5.56 Å². The van der Waals surface area contributed by atoms with Gasteiger partial charge in [0.05, 0.1) is 5.69 Å². The number of aryl methyl sites for hydroxylation is 2. The Bertz CT molecular complexity index is 1510. The van der Waals surface area contributed by atoms with Gasteiger partial charge in [0.1, 0.15) is 5.65 Å². The molecule has 8 heteroatoms. The molecule has 0 spiro atoms. The molecule has 0 aliphatic heterocycles. The summed E-state index contributed by atoms with van der Waals surface area (Å²) in [6.45, 7) is 4.00. The molecular weight excluding hydrogens is 454 g/mol. The second kappa shape index (κ2) is 8.84. The molecule has 0 aliphatic carbocycles. The zero-order chi connectivity index (χ0) is 22.9. The van der Waals surface area contributed by atoms with Crippen molar-refractivity contribution in [1.82, 2.24) is 24.1 Å². The normalized spacial score (nSPS) is 11.2. The zero-order valence-corrected chi connectivity index (χ0v) is 19.6. The summed E-state index contributed by atoms with van der Waals surface area (Å²) in [5, 5.41) is 10.3. The molecule has 0 amide bonds. The first-order valence-corrected chi connectivity index (χ1v) is 11.7. The molecule has 3 aromatic heterocycles. The highest BCUT2D eigenvalue weighted by Gasteiger charge is 2.17. The molecule has 0 saturated heterocycles. The molecule has 164 valence electrons. The Hall–Kier alpha value is -3.42. The zero-order valence-electron chi connectivity index (χ0n) is 18.1. The van der Waals surface area contributed by atoms with Crippen LogP contribution in [0, 0.1) is 13.8 Å². The molecular formula is C25H20ClN5OS. The van der Waals surface area contributed by atoms with Gasteiger partial charge in [0.15, 0.2) is 11.0 Å². The van der Waals surface area contributed by atoms with Crippen LogP contribution >= 0.6 is 23.4 Å². The van der Waals surface area contributed by atoms with Crippen LogP contribution in [0.4, 0.5) is 0 Å². The van der Waals surface area contributed by atoms with E-state index in [0.717, 1.165) is 22.6 Å². The number of benzene rings is 2. The van der Waals surface area contributed by atoms with Crippen molar-refractivity contribution in [2.75, 3.05) is 0 Å². The van der Waals surface area contributed by atoms with Gasteiger partial charge in [-0.2, -0.15) is 0 Å². The van der Waals surface area contributed by atoms with Gasteiger partial charge in [-0.3, -0.25) is 13.8 Å². The van der Waals surface area contributed by atoms with E-state index in [9.17, 15) is 4.79 Å². The number of pyridine rings is 1. The molecule has 0 atom stereocenters. The van der Waals surface area contributed by atoms with Crippen LogP contribution in [0.3, 0.4) is 0 Å². The van der Waals surface area contributed by atoms with Crippen LogP contribution in [-0.4, -0.2) is 24.1 Å². The van der Waals surface area contributed by atoms with Crippen LogP contribution in [-0.2, 0) is 5.75 Å². The number of halogens is 1. The van der Waals surface area contributed by atoms with Crippen molar-refractivity contribution >= 4 is 29.0 Å². The predicted octanol–water partition coefficient (Wildman–Crippen LogP) is 5.50. The van der Waals surface area contributed by atoms with Gasteiger partial charge in [-0.25, -0.2) is 4.98 Å². The quantitative estimate of drug-likeness (QED) is 0.315. The average molecular weight is 474 g/mol. The molecule has 0 bridgehead atoms. The lowest BCUT2D eigenvalue weighted by Gasteiger charge is -2.11. The van der Waals surface area contributed by atoms with Gasteiger partial charge in [0.2, 0.25) is 0 Å². The van der Waals surface area contributed by atoms with Crippen molar-refractivity contribution in [2.45, 2.75) is 24.8 Å². The monoisotopic (exact) mass is 473 g/mol. The number of thioether (sulfide) groups is 1. The molecule has 0 N–H and O–H groups in total. The summed E-state index contributed by atoms with van der Waals surface area (Å²) in [5.74, 6) is 1.22. The topological polar surface area (TPSA) is 65.1 Å². The predicted molar refractivity (Wildman–Crippen MR) is 132 cm³/mol. The number of aromatic nitrogens is 5. The van der Waals surface area contributed by atoms with E-state index in [0.29, 0.717) is 27.3 Å². The fourth-order valence-electron chi connectivity index (χ4n) is 3.55. The maximum absolute atomic E-state index is 12.6. The molecule has 6 nitrogen and oxygen atoms in total. The third-order valence-electron chi connectivity index (χ3n) is 5.24. The Balaban J connectivity index is 1.52. The maximum atomic E-state index is 12.6. The molecule has 0 fully saturated rings. The van der Waals surface area contributed by atoms with E-state index >= 15 is 0 Å². The van der Waals surface area contributed by atoms with E-state index in [1.807, 2.05) is 60.0 Å². The van der Waals surface area contributed by atoms with Gasteiger partial charge >= 0.3 is 0 Å². The van der Waals surface area contributed by atoms with Crippen molar-refractivity contribution in [1.29, 1.82) is 0 Å². The smallest absolute Gasteiger partial charge is 0.258 e. The van der Waals surface area contributed by atoms with Gasteiger partial charge in [0, 0.05) is 34.3 Å². The minimum absolute atomic E-state index is 0.0983. The molecule has 33 heavy (non-hydrogen) atoms. The molecule has 0 aliphatic rings. The number of hydrogen-bond donors (Lipinski definition) is 0. The first kappa shape index (κ1) is 21.4. The van der Waals surface area contributed by atoms with E-state index in [2.05, 4.69) is 34.2 Å². The van der Waals surface area contributed by atoms with E-state index in [-0.39, 0.29) is 5.56 Å². The third kappa shape index (κ3) is 4.42. The molecule has 2 aromatic carbocycles. The number of rotatable bonds is 5. The lowest BCUT2D eigenvalue weighted by atomic mass is 10.1. The second-order valence-electron chi connectivity index (χ2n) is 7.79. The van der Waals surface area contributed by atoms with Crippen LogP contribution in [0.2, 0.25) is 5.02 Å². The molecule has 0 radical (unpaired) electrons. The Morgan fingerprint density at radius 3 is 2.39 bits per heavy atom. The van der Waals surface area contributed by atoms with Crippen LogP contribution < -0.4 is 5.56 Å². The SMILES string of the molecule is Cc1ccc(-c2nnc(SCc3cc(=O)n4cc(C)ccc4n3)n2-c2ccc(Cl)cc2)cc1. The van der Waals surface area contributed by atoms with Gasteiger partial charge < -0.3 is 0 Å². The highest BCUT2D eigenvalue weighted by Crippen LogP contribution is 2.30. The summed E-state index contributed by atoms with van der Waals surface area (Å²) in [5.41, 5.74) is 5.28. The van der Waals surface area contributed by atoms with Crippen LogP contribution in [0.5, 0.6) is 0 Å². The molecule has 5 rings (SSSR count). The van der Waals surface area contributed by atoms with E-state index < -0.39 is 0 Å². The Morgan fingerprint density at radius 2 is 1.64 bits per heavy atom. The van der Waals surface area contributed by atoms with E-state index in [1.54, 1.807) is 16.7 Å². The van der Waals surface area contributed by atoms with Crippen LogP contribution in [0.15, 0.2) is 82.9 Å². The molecule has 5 aromatic rings. The second-order valence-corrected chi connectivity index (χ2v) is 9.17. The highest BCUT2D eigenvalue weighted by molar-refractivity contribution is 7.98. The Morgan fingerprint density at radius 1 is 0.909 bits per heavy atom. The first-order chi connectivity index (χ1) is 16.0. The van der Waals surface area contributed by atoms with Crippen molar-refractivity contribution in [3.63, 3.8) is 0 Å². The van der Waals surface area contributed by atoms with Crippen molar-refractivity contribution in [3.05, 3.63) is 105 Å².